The van der Waals surface area contributed by atoms with E-state index < -0.39 is 0 Å². The minimum atomic E-state index is 0.0570. The van der Waals surface area contributed by atoms with Crippen LogP contribution in [-0.2, 0) is 0 Å². The molecule has 3 aromatic rings. The number of aromatic nitrogens is 1. The summed E-state index contributed by atoms with van der Waals surface area (Å²) in [7, 11) is 1.63. The largest absolute Gasteiger partial charge is 0.496 e. The van der Waals surface area contributed by atoms with Crippen molar-refractivity contribution in [2.24, 2.45) is 0 Å². The number of ether oxygens (including phenoxy) is 1. The van der Waals surface area contributed by atoms with E-state index in [1.54, 1.807) is 14.0 Å². The minimum Gasteiger partial charge on any atom is -0.496 e. The molecule has 0 unspecified atom stereocenters. The number of rotatable bonds is 3. The molecule has 0 saturated carbocycles. The first-order valence-corrected chi connectivity index (χ1v) is 7.78. The number of nitrogens with zero attached hydrogens (tertiary/aromatic N) is 1. The van der Waals surface area contributed by atoms with E-state index in [4.69, 9.17) is 4.74 Å². The third kappa shape index (κ3) is 2.24. The Morgan fingerprint density at radius 2 is 1.86 bits per heavy atom. The number of ketones is 1. The van der Waals surface area contributed by atoms with E-state index in [-0.39, 0.29) is 5.78 Å². The summed E-state index contributed by atoms with van der Waals surface area (Å²) in [6.45, 7) is 3.58. The summed E-state index contributed by atoms with van der Waals surface area (Å²) in [5, 5.41) is 0.911. The predicted octanol–water partition coefficient (Wildman–Crippen LogP) is 4.91. The Hall–Kier alpha value is -2.07. The zero-order valence-corrected chi connectivity index (χ0v) is 14.3. The Labute approximate surface area is 137 Å². The highest BCUT2D eigenvalue weighted by Crippen LogP contribution is 2.36. The molecule has 112 valence electrons. The Morgan fingerprint density at radius 3 is 2.45 bits per heavy atom. The van der Waals surface area contributed by atoms with Crippen molar-refractivity contribution < 1.29 is 9.53 Å². The number of carbonyl (C=O) groups is 1. The summed E-state index contributed by atoms with van der Waals surface area (Å²) < 4.78 is 8.35. The standard InChI is InChI=1S/C18H16BrNO2/c1-11-18(12(2)21)14-9-17(22-3)15(19)10-16(14)20(11)13-7-5-4-6-8-13/h4-10H,1-3H3. The zero-order chi connectivity index (χ0) is 15.9. The van der Waals surface area contributed by atoms with Crippen molar-refractivity contribution in [3.63, 3.8) is 0 Å². The van der Waals surface area contributed by atoms with E-state index >= 15 is 0 Å². The lowest BCUT2D eigenvalue weighted by atomic mass is 10.1. The molecule has 0 amide bonds. The van der Waals surface area contributed by atoms with E-state index in [1.165, 1.54) is 0 Å². The van der Waals surface area contributed by atoms with Crippen LogP contribution >= 0.6 is 15.9 Å². The number of benzene rings is 2. The normalized spacial score (nSPS) is 10.9. The van der Waals surface area contributed by atoms with E-state index in [2.05, 4.69) is 20.5 Å². The fourth-order valence-corrected chi connectivity index (χ4v) is 3.42. The van der Waals surface area contributed by atoms with Crippen LogP contribution in [0.15, 0.2) is 46.9 Å². The van der Waals surface area contributed by atoms with Gasteiger partial charge in [-0.05, 0) is 54.0 Å². The molecule has 1 heterocycles. The summed E-state index contributed by atoms with van der Waals surface area (Å²) in [5.74, 6) is 0.779. The van der Waals surface area contributed by atoms with Crippen LogP contribution in [-0.4, -0.2) is 17.5 Å². The maximum Gasteiger partial charge on any atom is 0.162 e. The first-order chi connectivity index (χ1) is 10.5. The van der Waals surface area contributed by atoms with Crippen LogP contribution in [0.4, 0.5) is 0 Å². The monoisotopic (exact) mass is 357 g/mol. The van der Waals surface area contributed by atoms with Gasteiger partial charge in [-0.1, -0.05) is 18.2 Å². The summed E-state index contributed by atoms with van der Waals surface area (Å²) in [6, 6.07) is 14.0. The smallest absolute Gasteiger partial charge is 0.162 e. The van der Waals surface area contributed by atoms with Gasteiger partial charge in [0.2, 0.25) is 0 Å². The van der Waals surface area contributed by atoms with Crippen LogP contribution in [0.3, 0.4) is 0 Å². The summed E-state index contributed by atoms with van der Waals surface area (Å²) in [5.41, 5.74) is 3.70. The topological polar surface area (TPSA) is 31.2 Å². The van der Waals surface area contributed by atoms with Gasteiger partial charge in [0.1, 0.15) is 5.75 Å². The quantitative estimate of drug-likeness (QED) is 0.623. The molecule has 2 aromatic carbocycles. The molecule has 0 atom stereocenters. The van der Waals surface area contributed by atoms with Gasteiger partial charge in [-0.2, -0.15) is 0 Å². The number of methoxy groups -OCH3 is 1. The van der Waals surface area contributed by atoms with Crippen molar-refractivity contribution in [1.82, 2.24) is 4.57 Å². The zero-order valence-electron chi connectivity index (χ0n) is 12.7. The number of hydrogen-bond donors (Lipinski definition) is 0. The van der Waals surface area contributed by atoms with Gasteiger partial charge >= 0.3 is 0 Å². The lowest BCUT2D eigenvalue weighted by molar-refractivity contribution is 0.101. The number of fused-ring (bicyclic) bond motifs is 1. The van der Waals surface area contributed by atoms with E-state index in [0.29, 0.717) is 0 Å². The van der Waals surface area contributed by atoms with Gasteiger partial charge in [-0.15, -0.1) is 0 Å². The van der Waals surface area contributed by atoms with Gasteiger partial charge in [0.05, 0.1) is 17.1 Å². The minimum absolute atomic E-state index is 0.0570. The molecule has 0 fully saturated rings. The molecule has 3 rings (SSSR count). The molecule has 1 aromatic heterocycles. The Bertz CT molecular complexity index is 866. The predicted molar refractivity (Wildman–Crippen MR) is 92.3 cm³/mol. The Morgan fingerprint density at radius 1 is 1.18 bits per heavy atom. The van der Waals surface area contributed by atoms with Crippen LogP contribution in [0.25, 0.3) is 16.6 Å². The fraction of sp³-hybridized carbons (Fsp3) is 0.167. The lowest BCUT2D eigenvalue weighted by Crippen LogP contribution is -1.99. The van der Waals surface area contributed by atoms with E-state index in [0.717, 1.165) is 38.1 Å². The molecule has 4 heteroatoms. The number of carbonyl (C=O) groups excluding carboxylic acids is 1. The first-order valence-electron chi connectivity index (χ1n) is 6.99. The van der Waals surface area contributed by atoms with Crippen LogP contribution in [0.1, 0.15) is 23.0 Å². The maximum absolute atomic E-state index is 12.1. The molecule has 22 heavy (non-hydrogen) atoms. The average Bonchev–Trinajstić information content (AvgIpc) is 2.78. The van der Waals surface area contributed by atoms with Gasteiger partial charge < -0.3 is 9.30 Å². The third-order valence-electron chi connectivity index (χ3n) is 3.84. The second-order valence-electron chi connectivity index (χ2n) is 5.19. The van der Waals surface area contributed by atoms with Crippen molar-refractivity contribution in [3.8, 4) is 11.4 Å². The summed E-state index contributed by atoms with van der Waals surface area (Å²) in [4.78, 5) is 12.1. The lowest BCUT2D eigenvalue weighted by Gasteiger charge is -2.09. The van der Waals surface area contributed by atoms with Crippen molar-refractivity contribution in [2.45, 2.75) is 13.8 Å². The highest BCUT2D eigenvalue weighted by molar-refractivity contribution is 9.10. The van der Waals surface area contributed by atoms with Crippen LogP contribution < -0.4 is 4.74 Å². The van der Waals surface area contributed by atoms with Crippen molar-refractivity contribution in [1.29, 1.82) is 0 Å². The van der Waals surface area contributed by atoms with E-state index in [9.17, 15) is 4.79 Å². The second kappa shape index (κ2) is 5.61. The van der Waals surface area contributed by atoms with Crippen molar-refractivity contribution in [3.05, 3.63) is 58.2 Å². The molecular weight excluding hydrogens is 342 g/mol. The van der Waals surface area contributed by atoms with Gasteiger partial charge in [0, 0.05) is 22.3 Å². The van der Waals surface area contributed by atoms with Crippen LogP contribution in [0, 0.1) is 6.92 Å². The first kappa shape index (κ1) is 14.9. The van der Waals surface area contributed by atoms with Gasteiger partial charge in [0.25, 0.3) is 0 Å². The highest BCUT2D eigenvalue weighted by Gasteiger charge is 2.20. The molecule has 0 radical (unpaired) electrons. The molecule has 0 saturated heterocycles. The average molecular weight is 358 g/mol. The van der Waals surface area contributed by atoms with Crippen LogP contribution in [0.2, 0.25) is 0 Å². The molecule has 0 aliphatic rings. The number of Topliss-reactive ketones (excluding diaryl/α,β-unsaturated/α-hetero) is 1. The Balaban J connectivity index is 2.45. The second-order valence-corrected chi connectivity index (χ2v) is 6.05. The van der Waals surface area contributed by atoms with Gasteiger partial charge in [-0.25, -0.2) is 0 Å². The molecule has 0 N–H and O–H groups in total. The fourth-order valence-electron chi connectivity index (χ4n) is 2.93. The molecule has 0 spiro atoms. The number of para-hydroxylation sites is 1. The highest BCUT2D eigenvalue weighted by atomic mass is 79.9. The van der Waals surface area contributed by atoms with E-state index in [1.807, 2.05) is 49.4 Å². The summed E-state index contributed by atoms with van der Waals surface area (Å²) >= 11 is 3.53. The van der Waals surface area contributed by atoms with Crippen LogP contribution in [0.5, 0.6) is 5.75 Å². The molecule has 0 aliphatic heterocycles. The molecular formula is C18H16BrNO2. The molecule has 3 nitrogen and oxygen atoms in total. The van der Waals surface area contributed by atoms with Gasteiger partial charge in [0.15, 0.2) is 5.78 Å². The van der Waals surface area contributed by atoms with Crippen molar-refractivity contribution >= 4 is 32.6 Å². The molecule has 0 bridgehead atoms. The van der Waals surface area contributed by atoms with Crippen molar-refractivity contribution in [2.75, 3.05) is 7.11 Å². The Kier molecular flexibility index (Phi) is 3.79. The number of hydrogen-bond acceptors (Lipinski definition) is 2. The molecule has 0 aliphatic carbocycles. The van der Waals surface area contributed by atoms with Gasteiger partial charge in [-0.3, -0.25) is 4.79 Å². The third-order valence-corrected chi connectivity index (χ3v) is 4.46. The summed E-state index contributed by atoms with van der Waals surface area (Å²) in [6.07, 6.45) is 0. The maximum atomic E-state index is 12.1. The SMILES string of the molecule is COc1cc2c(C(C)=O)c(C)n(-c3ccccc3)c2cc1Br. The number of halogens is 1.